The van der Waals surface area contributed by atoms with Gasteiger partial charge in [-0.1, -0.05) is 13.8 Å². The number of amides is 1. The van der Waals surface area contributed by atoms with Crippen LogP contribution in [-0.2, 0) is 4.79 Å². The van der Waals surface area contributed by atoms with Crippen LogP contribution in [0.1, 0.15) is 40.5 Å². The zero-order valence-electron chi connectivity index (χ0n) is 9.58. The van der Waals surface area contributed by atoms with Crippen molar-refractivity contribution >= 4 is 5.91 Å². The molecule has 0 bridgehead atoms. The summed E-state index contributed by atoms with van der Waals surface area (Å²) in [5.74, 6) is 0.630. The molecule has 0 fully saturated rings. The molecule has 0 aliphatic carbocycles. The quantitative estimate of drug-likeness (QED) is 0.633. The Kier molecular flexibility index (Phi) is 5.94. The van der Waals surface area contributed by atoms with Crippen molar-refractivity contribution in [2.24, 2.45) is 5.92 Å². The largest absolute Gasteiger partial charge is 0.327 e. The van der Waals surface area contributed by atoms with Crippen LogP contribution in [-0.4, -0.2) is 23.4 Å². The molecule has 0 N–H and O–H groups in total. The first-order valence-electron chi connectivity index (χ1n) is 5.15. The van der Waals surface area contributed by atoms with Gasteiger partial charge < -0.3 is 4.90 Å². The van der Waals surface area contributed by atoms with Gasteiger partial charge in [-0.15, -0.1) is 0 Å². The zero-order valence-corrected chi connectivity index (χ0v) is 9.58. The SMILES string of the molecule is CC(C)CCC(=O)N(CC#N)C(C)C. The number of rotatable bonds is 5. The molecule has 0 unspecified atom stereocenters. The van der Waals surface area contributed by atoms with E-state index in [2.05, 4.69) is 13.8 Å². The molecule has 0 heterocycles. The fourth-order valence-corrected chi connectivity index (χ4v) is 1.19. The Labute approximate surface area is 86.7 Å². The summed E-state index contributed by atoms with van der Waals surface area (Å²) in [5, 5.41) is 8.57. The van der Waals surface area contributed by atoms with E-state index in [0.717, 1.165) is 6.42 Å². The van der Waals surface area contributed by atoms with Crippen LogP contribution >= 0.6 is 0 Å². The van der Waals surface area contributed by atoms with Gasteiger partial charge in [-0.05, 0) is 26.2 Å². The second-order valence-electron chi connectivity index (χ2n) is 4.21. The highest BCUT2D eigenvalue weighted by Gasteiger charge is 2.16. The molecule has 0 saturated heterocycles. The van der Waals surface area contributed by atoms with Crippen LogP contribution in [0.4, 0.5) is 0 Å². The summed E-state index contributed by atoms with van der Waals surface area (Å²) in [7, 11) is 0. The lowest BCUT2D eigenvalue weighted by atomic mass is 10.1. The average Bonchev–Trinajstić information content (AvgIpc) is 2.09. The van der Waals surface area contributed by atoms with E-state index in [9.17, 15) is 4.79 Å². The second kappa shape index (κ2) is 6.42. The molecule has 80 valence electrons. The molecule has 3 nitrogen and oxygen atoms in total. The monoisotopic (exact) mass is 196 g/mol. The van der Waals surface area contributed by atoms with Crippen LogP contribution in [0, 0.1) is 17.2 Å². The van der Waals surface area contributed by atoms with Crippen molar-refractivity contribution in [1.82, 2.24) is 4.90 Å². The highest BCUT2D eigenvalue weighted by Crippen LogP contribution is 2.08. The standard InChI is InChI=1S/C11H20N2O/c1-9(2)5-6-11(14)13(8-7-12)10(3)4/h9-10H,5-6,8H2,1-4H3. The van der Waals surface area contributed by atoms with Crippen molar-refractivity contribution in [3.8, 4) is 6.07 Å². The molecule has 0 aromatic carbocycles. The maximum atomic E-state index is 11.7. The van der Waals surface area contributed by atoms with Gasteiger partial charge in [0.25, 0.3) is 0 Å². The average molecular weight is 196 g/mol. The summed E-state index contributed by atoms with van der Waals surface area (Å²) < 4.78 is 0. The molecule has 1 amide bonds. The molecule has 0 aliphatic heterocycles. The van der Waals surface area contributed by atoms with E-state index < -0.39 is 0 Å². The molecule has 0 saturated carbocycles. The van der Waals surface area contributed by atoms with E-state index >= 15 is 0 Å². The summed E-state index contributed by atoms with van der Waals surface area (Å²) in [6, 6.07) is 2.14. The molecular weight excluding hydrogens is 176 g/mol. The van der Waals surface area contributed by atoms with Crippen LogP contribution < -0.4 is 0 Å². The molecule has 0 aromatic heterocycles. The molecule has 0 rings (SSSR count). The van der Waals surface area contributed by atoms with Crippen LogP contribution in [0.25, 0.3) is 0 Å². The maximum absolute atomic E-state index is 11.7. The van der Waals surface area contributed by atoms with Crippen molar-refractivity contribution in [3.63, 3.8) is 0 Å². The van der Waals surface area contributed by atoms with E-state index in [1.54, 1.807) is 4.90 Å². The lowest BCUT2D eigenvalue weighted by Crippen LogP contribution is -2.37. The fourth-order valence-electron chi connectivity index (χ4n) is 1.19. The third kappa shape index (κ3) is 4.86. The first-order chi connectivity index (χ1) is 6.49. The zero-order chi connectivity index (χ0) is 11.1. The van der Waals surface area contributed by atoms with Crippen LogP contribution in [0.2, 0.25) is 0 Å². The van der Waals surface area contributed by atoms with E-state index in [-0.39, 0.29) is 18.5 Å². The smallest absolute Gasteiger partial charge is 0.223 e. The summed E-state index contributed by atoms with van der Waals surface area (Å²) >= 11 is 0. The topological polar surface area (TPSA) is 44.1 Å². The molecule has 0 radical (unpaired) electrons. The molecule has 0 aliphatic rings. The van der Waals surface area contributed by atoms with Gasteiger partial charge >= 0.3 is 0 Å². The van der Waals surface area contributed by atoms with Gasteiger partial charge in [0, 0.05) is 12.5 Å². The number of nitriles is 1. The van der Waals surface area contributed by atoms with Crippen LogP contribution in [0.15, 0.2) is 0 Å². The number of hydrogen-bond acceptors (Lipinski definition) is 2. The number of hydrogen-bond donors (Lipinski definition) is 0. The Morgan fingerprint density at radius 3 is 2.29 bits per heavy atom. The minimum absolute atomic E-state index is 0.0928. The van der Waals surface area contributed by atoms with Gasteiger partial charge in [-0.3, -0.25) is 4.79 Å². The Morgan fingerprint density at radius 1 is 1.36 bits per heavy atom. The van der Waals surface area contributed by atoms with Gasteiger partial charge in [0.15, 0.2) is 0 Å². The van der Waals surface area contributed by atoms with E-state index in [0.29, 0.717) is 12.3 Å². The maximum Gasteiger partial charge on any atom is 0.223 e. The van der Waals surface area contributed by atoms with Crippen LogP contribution in [0.5, 0.6) is 0 Å². The Morgan fingerprint density at radius 2 is 1.93 bits per heavy atom. The van der Waals surface area contributed by atoms with Crippen molar-refractivity contribution in [3.05, 3.63) is 0 Å². The fraction of sp³-hybridized carbons (Fsp3) is 0.818. The Hall–Kier alpha value is -1.04. The predicted molar refractivity (Wildman–Crippen MR) is 56.5 cm³/mol. The third-order valence-corrected chi connectivity index (χ3v) is 2.12. The second-order valence-corrected chi connectivity index (χ2v) is 4.21. The van der Waals surface area contributed by atoms with Crippen molar-refractivity contribution in [2.75, 3.05) is 6.54 Å². The first kappa shape index (κ1) is 13.0. The molecule has 14 heavy (non-hydrogen) atoms. The van der Waals surface area contributed by atoms with Crippen molar-refractivity contribution in [2.45, 2.75) is 46.6 Å². The highest BCUT2D eigenvalue weighted by molar-refractivity contribution is 5.76. The number of carbonyl (C=O) groups excluding carboxylic acids is 1. The summed E-state index contributed by atoms with van der Waals surface area (Å²) in [6.45, 7) is 8.26. The first-order valence-corrected chi connectivity index (χ1v) is 5.15. The highest BCUT2D eigenvalue weighted by atomic mass is 16.2. The van der Waals surface area contributed by atoms with E-state index in [1.165, 1.54) is 0 Å². The Balaban J connectivity index is 4.10. The van der Waals surface area contributed by atoms with Gasteiger partial charge in [0.1, 0.15) is 6.54 Å². The molecule has 0 atom stereocenters. The summed E-state index contributed by atoms with van der Waals surface area (Å²) in [4.78, 5) is 13.3. The van der Waals surface area contributed by atoms with Gasteiger partial charge in [0.05, 0.1) is 6.07 Å². The van der Waals surface area contributed by atoms with Crippen molar-refractivity contribution in [1.29, 1.82) is 5.26 Å². The summed E-state index contributed by atoms with van der Waals surface area (Å²) in [5.41, 5.74) is 0. The lowest BCUT2D eigenvalue weighted by molar-refractivity contribution is -0.132. The van der Waals surface area contributed by atoms with Crippen molar-refractivity contribution < 1.29 is 4.79 Å². The minimum atomic E-state index is 0.0928. The number of carbonyl (C=O) groups is 1. The predicted octanol–water partition coefficient (Wildman–Crippen LogP) is 2.18. The van der Waals surface area contributed by atoms with Gasteiger partial charge in [0.2, 0.25) is 5.91 Å². The third-order valence-electron chi connectivity index (χ3n) is 2.12. The minimum Gasteiger partial charge on any atom is -0.327 e. The lowest BCUT2D eigenvalue weighted by Gasteiger charge is -2.24. The molecule has 3 heteroatoms. The van der Waals surface area contributed by atoms with Crippen LogP contribution in [0.3, 0.4) is 0 Å². The normalized spacial score (nSPS) is 10.4. The van der Waals surface area contributed by atoms with E-state index in [1.807, 2.05) is 19.9 Å². The molecule has 0 spiro atoms. The van der Waals surface area contributed by atoms with Gasteiger partial charge in [-0.2, -0.15) is 5.26 Å². The Bertz CT molecular complexity index is 216. The number of nitrogens with zero attached hydrogens (tertiary/aromatic N) is 2. The van der Waals surface area contributed by atoms with E-state index in [4.69, 9.17) is 5.26 Å². The van der Waals surface area contributed by atoms with Gasteiger partial charge in [-0.25, -0.2) is 0 Å². The molecule has 0 aromatic rings. The summed E-state index contributed by atoms with van der Waals surface area (Å²) in [6.07, 6.45) is 1.45. The molecular formula is C11H20N2O.